The summed E-state index contributed by atoms with van der Waals surface area (Å²) in [5.41, 5.74) is 1.07. The standard InChI is InChI=1S/C10H8N4O/c1-2-4-8-7(3-1)5-6-9(15-8)10-11-13-14-12-10/h1-6,9H,(H,11,12,13,14). The number of rotatable bonds is 1. The molecule has 0 radical (unpaired) electrons. The summed E-state index contributed by atoms with van der Waals surface area (Å²) in [7, 11) is 0. The third-order valence-corrected chi connectivity index (χ3v) is 2.24. The molecule has 1 aliphatic rings. The highest BCUT2D eigenvalue weighted by atomic mass is 16.5. The molecule has 5 heteroatoms. The highest BCUT2D eigenvalue weighted by Crippen LogP contribution is 2.30. The highest BCUT2D eigenvalue weighted by molar-refractivity contribution is 5.59. The molecule has 1 aromatic heterocycles. The van der Waals surface area contributed by atoms with Crippen LogP contribution < -0.4 is 4.74 Å². The Kier molecular flexibility index (Phi) is 1.74. The molecular formula is C10H8N4O. The number of nitrogens with zero attached hydrogens (tertiary/aromatic N) is 3. The summed E-state index contributed by atoms with van der Waals surface area (Å²) < 4.78 is 5.70. The second-order valence-corrected chi connectivity index (χ2v) is 3.21. The van der Waals surface area contributed by atoms with Gasteiger partial charge < -0.3 is 4.74 Å². The van der Waals surface area contributed by atoms with Gasteiger partial charge in [-0.25, -0.2) is 0 Å². The van der Waals surface area contributed by atoms with Crippen molar-refractivity contribution in [3.8, 4) is 5.75 Å². The number of H-pyrrole nitrogens is 1. The number of nitrogens with one attached hydrogen (secondary N) is 1. The molecule has 0 bridgehead atoms. The van der Waals surface area contributed by atoms with Crippen molar-refractivity contribution in [2.75, 3.05) is 0 Å². The van der Waals surface area contributed by atoms with Gasteiger partial charge in [-0.05, 0) is 12.1 Å². The number of tetrazole rings is 1. The van der Waals surface area contributed by atoms with Crippen LogP contribution in [0.2, 0.25) is 0 Å². The normalized spacial score (nSPS) is 18.3. The summed E-state index contributed by atoms with van der Waals surface area (Å²) in [4.78, 5) is 0. The first-order valence-electron chi connectivity index (χ1n) is 4.61. The fourth-order valence-corrected chi connectivity index (χ4v) is 1.52. The molecule has 1 N–H and O–H groups in total. The van der Waals surface area contributed by atoms with Gasteiger partial charge >= 0.3 is 0 Å². The van der Waals surface area contributed by atoms with Crippen molar-refractivity contribution in [2.24, 2.45) is 0 Å². The number of aromatic amines is 1. The van der Waals surface area contributed by atoms with Gasteiger partial charge in [0.05, 0.1) is 0 Å². The van der Waals surface area contributed by atoms with Crippen LogP contribution in [0, 0.1) is 0 Å². The molecule has 0 amide bonds. The SMILES string of the molecule is C1=CC(c2nn[nH]n2)Oc2ccccc21. The predicted octanol–water partition coefficient (Wildman–Crippen LogP) is 1.35. The zero-order valence-electron chi connectivity index (χ0n) is 7.79. The van der Waals surface area contributed by atoms with E-state index in [-0.39, 0.29) is 6.10 Å². The molecule has 5 nitrogen and oxygen atoms in total. The van der Waals surface area contributed by atoms with E-state index in [1.54, 1.807) is 0 Å². The first-order chi connectivity index (χ1) is 7.43. The van der Waals surface area contributed by atoms with Crippen LogP contribution in [-0.2, 0) is 0 Å². The van der Waals surface area contributed by atoms with Gasteiger partial charge in [-0.1, -0.05) is 29.5 Å². The lowest BCUT2D eigenvalue weighted by atomic mass is 10.1. The van der Waals surface area contributed by atoms with E-state index < -0.39 is 0 Å². The fourth-order valence-electron chi connectivity index (χ4n) is 1.52. The van der Waals surface area contributed by atoms with Gasteiger partial charge in [0.15, 0.2) is 6.10 Å². The zero-order valence-corrected chi connectivity index (χ0v) is 7.79. The molecule has 0 aliphatic carbocycles. The largest absolute Gasteiger partial charge is 0.478 e. The molecule has 1 unspecified atom stereocenters. The van der Waals surface area contributed by atoms with Crippen LogP contribution >= 0.6 is 0 Å². The molecule has 0 fully saturated rings. The minimum Gasteiger partial charge on any atom is -0.478 e. The molecule has 1 aliphatic heterocycles. The summed E-state index contributed by atoms with van der Waals surface area (Å²) in [5.74, 6) is 1.38. The summed E-state index contributed by atoms with van der Waals surface area (Å²) in [6, 6.07) is 7.83. The second-order valence-electron chi connectivity index (χ2n) is 3.21. The zero-order chi connectivity index (χ0) is 10.1. The van der Waals surface area contributed by atoms with Gasteiger partial charge in [0.1, 0.15) is 5.75 Å². The molecule has 0 saturated heterocycles. The van der Waals surface area contributed by atoms with E-state index in [1.165, 1.54) is 0 Å². The van der Waals surface area contributed by atoms with E-state index in [9.17, 15) is 0 Å². The van der Waals surface area contributed by atoms with Gasteiger partial charge in [-0.3, -0.25) is 0 Å². The fraction of sp³-hybridized carbons (Fsp3) is 0.100. The van der Waals surface area contributed by atoms with E-state index in [4.69, 9.17) is 4.74 Å². The average Bonchev–Trinajstić information content (AvgIpc) is 2.82. The van der Waals surface area contributed by atoms with Gasteiger partial charge in [0.2, 0.25) is 5.82 Å². The predicted molar refractivity (Wildman–Crippen MR) is 53.0 cm³/mol. The van der Waals surface area contributed by atoms with Crippen LogP contribution in [0.4, 0.5) is 0 Å². The minimum atomic E-state index is -0.251. The molecule has 15 heavy (non-hydrogen) atoms. The smallest absolute Gasteiger partial charge is 0.218 e. The van der Waals surface area contributed by atoms with Crippen molar-refractivity contribution < 1.29 is 4.74 Å². The second kappa shape index (κ2) is 3.20. The van der Waals surface area contributed by atoms with Crippen molar-refractivity contribution in [3.63, 3.8) is 0 Å². The van der Waals surface area contributed by atoms with E-state index in [1.807, 2.05) is 36.4 Å². The molecule has 2 heterocycles. The molecule has 0 saturated carbocycles. The topological polar surface area (TPSA) is 63.7 Å². The molecule has 1 atom stereocenters. The third kappa shape index (κ3) is 1.38. The summed E-state index contributed by atoms with van der Waals surface area (Å²) >= 11 is 0. The van der Waals surface area contributed by atoms with Crippen molar-refractivity contribution in [2.45, 2.75) is 6.10 Å². The number of ether oxygens (including phenoxy) is 1. The van der Waals surface area contributed by atoms with Crippen LogP contribution in [0.25, 0.3) is 6.08 Å². The number of para-hydroxylation sites is 1. The first-order valence-corrected chi connectivity index (χ1v) is 4.61. The molecule has 1 aromatic carbocycles. The van der Waals surface area contributed by atoms with Crippen LogP contribution in [0.5, 0.6) is 5.75 Å². The Bertz CT molecular complexity index is 492. The summed E-state index contributed by atoms with van der Waals surface area (Å²) in [6.45, 7) is 0. The Morgan fingerprint density at radius 1 is 1.27 bits per heavy atom. The summed E-state index contributed by atoms with van der Waals surface area (Å²) in [5, 5.41) is 13.7. The lowest BCUT2D eigenvalue weighted by Gasteiger charge is -2.18. The Labute approximate surface area is 85.8 Å². The minimum absolute atomic E-state index is 0.251. The van der Waals surface area contributed by atoms with Crippen LogP contribution in [-0.4, -0.2) is 20.6 Å². The third-order valence-electron chi connectivity index (χ3n) is 2.24. The quantitative estimate of drug-likeness (QED) is 0.754. The van der Waals surface area contributed by atoms with Gasteiger partial charge in [-0.2, -0.15) is 5.21 Å². The number of hydrogen-bond acceptors (Lipinski definition) is 4. The van der Waals surface area contributed by atoms with Crippen molar-refractivity contribution in [1.82, 2.24) is 20.6 Å². The maximum atomic E-state index is 5.70. The van der Waals surface area contributed by atoms with Crippen LogP contribution in [0.1, 0.15) is 17.5 Å². The summed E-state index contributed by atoms with van der Waals surface area (Å²) in [6.07, 6.45) is 3.66. The highest BCUT2D eigenvalue weighted by Gasteiger charge is 2.19. The van der Waals surface area contributed by atoms with Crippen molar-refractivity contribution >= 4 is 6.08 Å². The molecular weight excluding hydrogens is 192 g/mol. The van der Waals surface area contributed by atoms with Gasteiger partial charge in [0, 0.05) is 5.56 Å². The molecule has 3 rings (SSSR count). The maximum Gasteiger partial charge on any atom is 0.218 e. The van der Waals surface area contributed by atoms with Crippen molar-refractivity contribution in [3.05, 3.63) is 41.7 Å². The molecule has 0 spiro atoms. The van der Waals surface area contributed by atoms with E-state index in [2.05, 4.69) is 20.6 Å². The van der Waals surface area contributed by atoms with E-state index >= 15 is 0 Å². The Balaban J connectivity index is 1.96. The average molecular weight is 200 g/mol. The number of benzene rings is 1. The maximum absolute atomic E-state index is 5.70. The van der Waals surface area contributed by atoms with Gasteiger partial charge in [0.25, 0.3) is 0 Å². The van der Waals surface area contributed by atoms with Crippen LogP contribution in [0.3, 0.4) is 0 Å². The lowest BCUT2D eigenvalue weighted by molar-refractivity contribution is 0.241. The van der Waals surface area contributed by atoms with Gasteiger partial charge in [-0.15, -0.1) is 10.2 Å². The Hall–Kier alpha value is -2.17. The molecule has 2 aromatic rings. The number of hydrogen-bond donors (Lipinski definition) is 1. The van der Waals surface area contributed by atoms with Crippen LogP contribution in [0.15, 0.2) is 30.3 Å². The van der Waals surface area contributed by atoms with E-state index in [0.717, 1.165) is 11.3 Å². The lowest BCUT2D eigenvalue weighted by Crippen LogP contribution is -2.10. The molecule has 74 valence electrons. The number of fused-ring (bicyclic) bond motifs is 1. The number of aromatic nitrogens is 4. The monoisotopic (exact) mass is 200 g/mol. The van der Waals surface area contributed by atoms with Crippen molar-refractivity contribution in [1.29, 1.82) is 0 Å². The van der Waals surface area contributed by atoms with E-state index in [0.29, 0.717) is 5.82 Å². The Morgan fingerprint density at radius 3 is 3.07 bits per heavy atom. The first kappa shape index (κ1) is 8.16. The Morgan fingerprint density at radius 2 is 2.20 bits per heavy atom.